The van der Waals surface area contributed by atoms with Gasteiger partial charge >= 0.3 is 6.18 Å². The number of nitrogens with one attached hydrogen (secondary N) is 2. The summed E-state index contributed by atoms with van der Waals surface area (Å²) in [5.41, 5.74) is 0.538. The molecule has 0 saturated heterocycles. The van der Waals surface area contributed by atoms with E-state index in [4.69, 9.17) is 0 Å². The lowest BCUT2D eigenvalue weighted by molar-refractivity contribution is -0.141. The first-order valence-electron chi connectivity index (χ1n) is 10.2. The van der Waals surface area contributed by atoms with Gasteiger partial charge in [0.2, 0.25) is 5.91 Å². The van der Waals surface area contributed by atoms with Crippen molar-refractivity contribution in [2.24, 2.45) is 0 Å². The highest BCUT2D eigenvalue weighted by atomic mass is 32.2. The number of hydrogen-bond acceptors (Lipinski definition) is 6. The predicted octanol–water partition coefficient (Wildman–Crippen LogP) is 4.99. The van der Waals surface area contributed by atoms with Gasteiger partial charge in [0.05, 0.1) is 34.9 Å². The van der Waals surface area contributed by atoms with Crippen molar-refractivity contribution in [1.29, 1.82) is 0 Å². The predicted molar refractivity (Wildman–Crippen MR) is 121 cm³/mol. The van der Waals surface area contributed by atoms with Crippen LogP contribution in [0.1, 0.15) is 43.5 Å². The molecule has 1 amide bonds. The monoisotopic (exact) mass is 495 g/mol. The summed E-state index contributed by atoms with van der Waals surface area (Å²) in [6.07, 6.45) is -0.261. The van der Waals surface area contributed by atoms with Crippen molar-refractivity contribution in [2.75, 3.05) is 10.0 Å². The van der Waals surface area contributed by atoms with Crippen molar-refractivity contribution in [3.63, 3.8) is 0 Å². The number of amides is 1. The zero-order valence-corrected chi connectivity index (χ0v) is 19.1. The molecule has 1 aromatic carbocycles. The summed E-state index contributed by atoms with van der Waals surface area (Å²) in [4.78, 5) is 24.5. The van der Waals surface area contributed by atoms with Crippen molar-refractivity contribution in [3.8, 4) is 11.3 Å². The Kier molecular flexibility index (Phi) is 6.75. The molecule has 174 valence electrons. The molecular formula is C21H20F3N5O2S2. The van der Waals surface area contributed by atoms with Crippen LogP contribution in [0.5, 0.6) is 0 Å². The highest BCUT2D eigenvalue weighted by Crippen LogP contribution is 2.31. The number of halogens is 3. The van der Waals surface area contributed by atoms with Gasteiger partial charge in [0.25, 0.3) is 0 Å². The van der Waals surface area contributed by atoms with Gasteiger partial charge in [-0.2, -0.15) is 13.2 Å². The maximum Gasteiger partial charge on any atom is 0.434 e. The van der Waals surface area contributed by atoms with Gasteiger partial charge in [0.15, 0.2) is 10.8 Å². The smallest absolute Gasteiger partial charge is 0.326 e. The van der Waals surface area contributed by atoms with Crippen LogP contribution in [0.2, 0.25) is 0 Å². The third-order valence-electron chi connectivity index (χ3n) is 4.99. The molecule has 2 aromatic heterocycles. The van der Waals surface area contributed by atoms with E-state index in [2.05, 4.69) is 25.0 Å². The van der Waals surface area contributed by atoms with Crippen LogP contribution in [-0.4, -0.2) is 30.3 Å². The van der Waals surface area contributed by atoms with E-state index in [1.54, 1.807) is 29.6 Å². The topological polar surface area (TPSA) is 96.9 Å². The Labute approximate surface area is 194 Å². The van der Waals surface area contributed by atoms with Gasteiger partial charge in [-0.15, -0.1) is 11.3 Å². The molecule has 2 unspecified atom stereocenters. The van der Waals surface area contributed by atoms with Gasteiger partial charge < -0.3 is 5.32 Å². The molecule has 1 aliphatic carbocycles. The molecule has 12 heteroatoms. The number of alkyl halides is 3. The highest BCUT2D eigenvalue weighted by molar-refractivity contribution is 7.87. The van der Waals surface area contributed by atoms with Gasteiger partial charge in [0, 0.05) is 16.6 Å². The van der Waals surface area contributed by atoms with Crippen molar-refractivity contribution >= 4 is 39.0 Å². The lowest BCUT2D eigenvalue weighted by atomic mass is 10.0. The Hall–Kier alpha value is -2.86. The number of thiazole rings is 1. The molecule has 0 bridgehead atoms. The van der Waals surface area contributed by atoms with E-state index in [9.17, 15) is 22.2 Å². The standard InChI is InChI=1S/C21H20F3N5O2S2/c1-2-15(17-11-32-20(28-17)29-33(31)14-7-8-14)19(30)26-13-5-3-12(4-6-13)16-9-25-10-18(27-16)21(22,23)24/h3-6,9-11,14-15H,2,7-8H2,1H3,(H,26,30)(H,28,29). The third kappa shape index (κ3) is 5.74. The lowest BCUT2D eigenvalue weighted by Crippen LogP contribution is -2.21. The number of nitrogens with zero attached hydrogens (tertiary/aromatic N) is 3. The van der Waals surface area contributed by atoms with Crippen LogP contribution in [0.15, 0.2) is 42.0 Å². The number of aromatic nitrogens is 3. The van der Waals surface area contributed by atoms with Gasteiger partial charge in [-0.25, -0.2) is 14.2 Å². The Balaban J connectivity index is 1.42. The molecule has 2 N–H and O–H groups in total. The molecule has 2 heterocycles. The zero-order valence-electron chi connectivity index (χ0n) is 17.4. The molecule has 1 saturated carbocycles. The fourth-order valence-corrected chi connectivity index (χ4v) is 5.06. The van der Waals surface area contributed by atoms with Crippen molar-refractivity contribution < 1.29 is 22.2 Å². The summed E-state index contributed by atoms with van der Waals surface area (Å²) in [7, 11) is -1.16. The first kappa shape index (κ1) is 23.3. The van der Waals surface area contributed by atoms with E-state index in [1.807, 2.05) is 6.92 Å². The second-order valence-corrected chi connectivity index (χ2v) is 9.81. The molecule has 4 rings (SSSR count). The van der Waals surface area contributed by atoms with Crippen LogP contribution in [0.3, 0.4) is 0 Å². The third-order valence-corrected chi connectivity index (χ3v) is 7.37. The Morgan fingerprint density at radius 1 is 1.21 bits per heavy atom. The molecule has 0 radical (unpaired) electrons. The maximum atomic E-state index is 12.9. The minimum absolute atomic E-state index is 0.0835. The van der Waals surface area contributed by atoms with Crippen molar-refractivity contribution in [3.05, 3.63) is 53.4 Å². The Morgan fingerprint density at radius 2 is 1.94 bits per heavy atom. The molecule has 0 aliphatic heterocycles. The molecule has 7 nitrogen and oxygen atoms in total. The first-order valence-corrected chi connectivity index (χ1v) is 12.3. The van der Waals surface area contributed by atoms with Crippen LogP contribution in [0.4, 0.5) is 24.0 Å². The number of hydrogen-bond donors (Lipinski definition) is 2. The number of anilines is 2. The largest absolute Gasteiger partial charge is 0.434 e. The van der Waals surface area contributed by atoms with Gasteiger partial charge in [0.1, 0.15) is 11.0 Å². The number of carbonyl (C=O) groups is 1. The second kappa shape index (κ2) is 9.56. The fraction of sp³-hybridized carbons (Fsp3) is 0.333. The summed E-state index contributed by atoms with van der Waals surface area (Å²) in [5.74, 6) is -0.760. The van der Waals surface area contributed by atoms with Crippen LogP contribution in [-0.2, 0) is 22.0 Å². The first-order chi connectivity index (χ1) is 15.7. The molecule has 1 aliphatic rings. The van der Waals surface area contributed by atoms with Gasteiger partial charge in [-0.05, 0) is 31.4 Å². The summed E-state index contributed by atoms with van der Waals surface area (Å²) in [6, 6.07) is 6.32. The van der Waals surface area contributed by atoms with E-state index >= 15 is 0 Å². The minimum Gasteiger partial charge on any atom is -0.326 e. The number of rotatable bonds is 8. The SMILES string of the molecule is CCC(C(=O)Nc1ccc(-c2cncc(C(F)(F)F)n2)cc1)c1csc(NS(=O)C2CC2)n1. The molecule has 33 heavy (non-hydrogen) atoms. The Bertz CT molecular complexity index is 1160. The summed E-state index contributed by atoms with van der Waals surface area (Å²) >= 11 is 1.30. The van der Waals surface area contributed by atoms with Crippen molar-refractivity contribution in [2.45, 2.75) is 43.5 Å². The van der Waals surface area contributed by atoms with Crippen LogP contribution in [0, 0.1) is 0 Å². The Morgan fingerprint density at radius 3 is 2.58 bits per heavy atom. The van der Waals surface area contributed by atoms with E-state index in [0.29, 0.717) is 34.7 Å². The van der Waals surface area contributed by atoms with Crippen molar-refractivity contribution in [1.82, 2.24) is 15.0 Å². The fourth-order valence-electron chi connectivity index (χ4n) is 3.07. The summed E-state index contributed by atoms with van der Waals surface area (Å²) in [5, 5.41) is 5.28. The quantitative estimate of drug-likeness (QED) is 0.459. The van der Waals surface area contributed by atoms with Crippen LogP contribution < -0.4 is 10.0 Å². The van der Waals surface area contributed by atoms with E-state index in [1.165, 1.54) is 17.5 Å². The van der Waals surface area contributed by atoms with Gasteiger partial charge in [-0.1, -0.05) is 19.1 Å². The van der Waals surface area contributed by atoms with E-state index in [0.717, 1.165) is 12.8 Å². The zero-order chi connectivity index (χ0) is 23.6. The molecule has 3 aromatic rings. The molecule has 0 spiro atoms. The maximum absolute atomic E-state index is 12.9. The lowest BCUT2D eigenvalue weighted by Gasteiger charge is -2.13. The number of carbonyl (C=O) groups excluding carboxylic acids is 1. The summed E-state index contributed by atoms with van der Waals surface area (Å²) in [6.45, 7) is 1.87. The molecule has 2 atom stereocenters. The molecule has 1 fully saturated rings. The molecular weight excluding hydrogens is 475 g/mol. The van der Waals surface area contributed by atoms with E-state index < -0.39 is 28.8 Å². The minimum atomic E-state index is -4.58. The average Bonchev–Trinajstić information content (AvgIpc) is 3.55. The van der Waals surface area contributed by atoms with Crippen LogP contribution in [0.25, 0.3) is 11.3 Å². The number of benzene rings is 1. The normalized spacial score (nSPS) is 15.6. The van der Waals surface area contributed by atoms with Gasteiger partial charge in [-0.3, -0.25) is 14.5 Å². The summed E-state index contributed by atoms with van der Waals surface area (Å²) < 4.78 is 53.5. The average molecular weight is 496 g/mol. The highest BCUT2D eigenvalue weighted by Gasteiger charge is 2.33. The van der Waals surface area contributed by atoms with E-state index in [-0.39, 0.29) is 16.9 Å². The second-order valence-electron chi connectivity index (χ2n) is 7.49. The van der Waals surface area contributed by atoms with Crippen LogP contribution >= 0.6 is 11.3 Å².